The van der Waals surface area contributed by atoms with E-state index >= 15 is 0 Å². The van der Waals surface area contributed by atoms with E-state index in [9.17, 15) is 26.7 Å². The van der Waals surface area contributed by atoms with Gasteiger partial charge >= 0.3 is 6.36 Å². The molecule has 0 unspecified atom stereocenters. The molecule has 0 aliphatic carbocycles. The first-order chi connectivity index (χ1) is 7.74. The van der Waals surface area contributed by atoms with Crippen LogP contribution in [0.1, 0.15) is 22.5 Å². The van der Waals surface area contributed by atoms with Crippen LogP contribution in [0, 0.1) is 3.57 Å². The lowest BCUT2D eigenvalue weighted by atomic mass is 10.2. The molecule has 17 heavy (non-hydrogen) atoms. The number of rotatable bonds is 3. The smallest absolute Gasteiger partial charge is 0.387 e. The highest BCUT2D eigenvalue weighted by Gasteiger charge is 2.34. The number of aromatic nitrogens is 1. The predicted octanol–water partition coefficient (Wildman–Crippen LogP) is 3.33. The molecule has 0 N–H and O–H groups in total. The van der Waals surface area contributed by atoms with Gasteiger partial charge in [-0.25, -0.2) is 13.8 Å². The molecule has 1 aromatic rings. The monoisotopic (exact) mass is 367 g/mol. The van der Waals surface area contributed by atoms with Crippen LogP contribution in [-0.2, 0) is 0 Å². The number of ether oxygens (including phenoxy) is 1. The topological polar surface area (TPSA) is 39.2 Å². The van der Waals surface area contributed by atoms with Gasteiger partial charge in [-0.3, -0.25) is 4.79 Å². The number of alkyl halides is 5. The molecular formula is C8H3F5INO2. The van der Waals surface area contributed by atoms with Gasteiger partial charge in [0.15, 0.2) is 6.29 Å². The maximum atomic E-state index is 12.5. The summed E-state index contributed by atoms with van der Waals surface area (Å²) in [4.78, 5) is 13.5. The third-order valence-corrected chi connectivity index (χ3v) is 2.63. The standard InChI is InChI=1S/C8H3F5INO2/c9-6(10)4-1-3(2-16)15-7(5(4)14)17-8(11,12)13/h1-2,6H. The zero-order valence-electron chi connectivity index (χ0n) is 7.76. The molecular weight excluding hydrogens is 364 g/mol. The van der Waals surface area contributed by atoms with E-state index in [-0.39, 0.29) is 6.29 Å². The van der Waals surface area contributed by atoms with Gasteiger partial charge in [0.2, 0.25) is 5.88 Å². The van der Waals surface area contributed by atoms with E-state index in [1.807, 2.05) is 0 Å². The number of halogens is 6. The second-order valence-electron chi connectivity index (χ2n) is 2.72. The maximum absolute atomic E-state index is 12.5. The quantitative estimate of drug-likeness (QED) is 0.468. The Morgan fingerprint density at radius 3 is 2.41 bits per heavy atom. The zero-order valence-corrected chi connectivity index (χ0v) is 9.92. The first-order valence-corrected chi connectivity index (χ1v) is 5.02. The zero-order chi connectivity index (χ0) is 13.2. The molecule has 1 rings (SSSR count). The highest BCUT2D eigenvalue weighted by molar-refractivity contribution is 14.1. The highest BCUT2D eigenvalue weighted by atomic mass is 127. The van der Waals surface area contributed by atoms with E-state index < -0.39 is 33.5 Å². The minimum Gasteiger partial charge on any atom is -0.387 e. The summed E-state index contributed by atoms with van der Waals surface area (Å²) in [7, 11) is 0. The van der Waals surface area contributed by atoms with Gasteiger partial charge in [-0.15, -0.1) is 13.2 Å². The molecule has 0 aromatic carbocycles. The number of carbonyl (C=O) groups is 1. The Morgan fingerprint density at radius 1 is 1.41 bits per heavy atom. The molecule has 3 nitrogen and oxygen atoms in total. The minimum atomic E-state index is -5.06. The van der Waals surface area contributed by atoms with Crippen LogP contribution in [0.15, 0.2) is 6.07 Å². The predicted molar refractivity (Wildman–Crippen MR) is 54.0 cm³/mol. The summed E-state index contributed by atoms with van der Waals surface area (Å²) in [6.07, 6.45) is -8.03. The van der Waals surface area contributed by atoms with E-state index in [1.54, 1.807) is 0 Å². The van der Waals surface area contributed by atoms with Crippen molar-refractivity contribution in [2.75, 3.05) is 0 Å². The molecule has 0 radical (unpaired) electrons. The Bertz CT molecular complexity index is 435. The molecule has 0 atom stereocenters. The molecule has 1 heterocycles. The molecule has 9 heteroatoms. The number of hydrogen-bond acceptors (Lipinski definition) is 3. The van der Waals surface area contributed by atoms with E-state index in [0.717, 1.165) is 0 Å². The first kappa shape index (κ1) is 14.1. The second-order valence-corrected chi connectivity index (χ2v) is 3.80. The number of pyridine rings is 1. The van der Waals surface area contributed by atoms with Gasteiger partial charge in [-0.2, -0.15) is 0 Å². The molecule has 0 fully saturated rings. The van der Waals surface area contributed by atoms with Crippen molar-refractivity contribution in [2.45, 2.75) is 12.8 Å². The van der Waals surface area contributed by atoms with Crippen LogP contribution >= 0.6 is 22.6 Å². The van der Waals surface area contributed by atoms with E-state index in [1.165, 1.54) is 22.6 Å². The highest BCUT2D eigenvalue weighted by Crippen LogP contribution is 2.33. The maximum Gasteiger partial charge on any atom is 0.574 e. The molecule has 0 bridgehead atoms. The van der Waals surface area contributed by atoms with Gasteiger partial charge in [0.25, 0.3) is 6.43 Å². The van der Waals surface area contributed by atoms with Crippen LogP contribution in [0.5, 0.6) is 5.88 Å². The van der Waals surface area contributed by atoms with Gasteiger partial charge in [0.1, 0.15) is 5.69 Å². The Morgan fingerprint density at radius 2 is 2.00 bits per heavy atom. The van der Waals surface area contributed by atoms with Crippen LogP contribution in [-0.4, -0.2) is 17.6 Å². The lowest BCUT2D eigenvalue weighted by Gasteiger charge is -2.12. The average Bonchev–Trinajstić information content (AvgIpc) is 2.18. The number of nitrogens with zero attached hydrogens (tertiary/aromatic N) is 1. The average molecular weight is 367 g/mol. The fourth-order valence-corrected chi connectivity index (χ4v) is 1.56. The normalized spacial score (nSPS) is 11.7. The van der Waals surface area contributed by atoms with Crippen LogP contribution in [0.2, 0.25) is 0 Å². The molecule has 0 saturated heterocycles. The number of hydrogen-bond donors (Lipinski definition) is 0. The summed E-state index contributed by atoms with van der Waals surface area (Å²) < 4.78 is 63.8. The van der Waals surface area contributed by atoms with Gasteiger partial charge < -0.3 is 4.74 Å². The Balaban J connectivity index is 3.29. The van der Waals surface area contributed by atoms with Crippen molar-refractivity contribution < 1.29 is 31.5 Å². The Hall–Kier alpha value is -1.00. The molecule has 94 valence electrons. The van der Waals surface area contributed by atoms with Crippen LogP contribution < -0.4 is 4.74 Å². The summed E-state index contributed by atoms with van der Waals surface area (Å²) in [5.41, 5.74) is -1.29. The lowest BCUT2D eigenvalue weighted by Crippen LogP contribution is -2.19. The molecule has 0 amide bonds. The molecule has 1 aromatic heterocycles. The summed E-state index contributed by atoms with van der Waals surface area (Å²) >= 11 is 1.25. The van der Waals surface area contributed by atoms with Crippen molar-refractivity contribution in [3.05, 3.63) is 20.9 Å². The second kappa shape index (κ2) is 5.10. The van der Waals surface area contributed by atoms with Gasteiger partial charge in [0.05, 0.1) is 3.57 Å². The molecule has 0 aliphatic heterocycles. The van der Waals surface area contributed by atoms with Crippen LogP contribution in [0.3, 0.4) is 0 Å². The lowest BCUT2D eigenvalue weighted by molar-refractivity contribution is -0.276. The van der Waals surface area contributed by atoms with Crippen molar-refractivity contribution in [1.29, 1.82) is 0 Å². The van der Waals surface area contributed by atoms with Crippen molar-refractivity contribution in [3.63, 3.8) is 0 Å². The van der Waals surface area contributed by atoms with E-state index in [0.29, 0.717) is 6.07 Å². The van der Waals surface area contributed by atoms with E-state index in [2.05, 4.69) is 9.72 Å². The fourth-order valence-electron chi connectivity index (χ4n) is 0.941. The van der Waals surface area contributed by atoms with E-state index in [4.69, 9.17) is 0 Å². The van der Waals surface area contributed by atoms with Crippen molar-refractivity contribution >= 4 is 28.9 Å². The third kappa shape index (κ3) is 3.75. The third-order valence-electron chi connectivity index (χ3n) is 1.54. The van der Waals surface area contributed by atoms with Gasteiger partial charge in [-0.05, 0) is 28.7 Å². The number of carbonyl (C=O) groups excluding carboxylic acids is 1. The summed E-state index contributed by atoms with van der Waals surface area (Å²) in [6.45, 7) is 0. The number of aldehydes is 1. The molecule has 0 saturated carbocycles. The Kier molecular flexibility index (Phi) is 4.22. The SMILES string of the molecule is O=Cc1cc(C(F)F)c(I)c(OC(F)(F)F)n1. The first-order valence-electron chi connectivity index (χ1n) is 3.94. The van der Waals surface area contributed by atoms with Crippen molar-refractivity contribution in [2.24, 2.45) is 0 Å². The summed E-state index contributed by atoms with van der Waals surface area (Å²) in [5.74, 6) is -1.06. The molecule has 0 aliphatic rings. The summed E-state index contributed by atoms with van der Waals surface area (Å²) in [5, 5.41) is 0. The molecule has 0 spiro atoms. The Labute approximate surface area is 105 Å². The minimum absolute atomic E-state index is 0.0607. The summed E-state index contributed by atoms with van der Waals surface area (Å²) in [6, 6.07) is 0.711. The largest absolute Gasteiger partial charge is 0.574 e. The van der Waals surface area contributed by atoms with Crippen LogP contribution in [0.25, 0.3) is 0 Å². The van der Waals surface area contributed by atoms with Gasteiger partial charge in [0, 0.05) is 5.56 Å². The van der Waals surface area contributed by atoms with Crippen molar-refractivity contribution in [3.8, 4) is 5.88 Å². The van der Waals surface area contributed by atoms with Crippen molar-refractivity contribution in [1.82, 2.24) is 4.98 Å². The van der Waals surface area contributed by atoms with Crippen LogP contribution in [0.4, 0.5) is 22.0 Å². The van der Waals surface area contributed by atoms with Gasteiger partial charge in [-0.1, -0.05) is 0 Å². The fraction of sp³-hybridized carbons (Fsp3) is 0.250.